The van der Waals surface area contributed by atoms with Gasteiger partial charge in [-0.25, -0.2) is 0 Å². The summed E-state index contributed by atoms with van der Waals surface area (Å²) >= 11 is 0. The largest absolute Gasteiger partial charge is 0.495 e. The molecule has 0 aliphatic rings. The van der Waals surface area contributed by atoms with Crippen molar-refractivity contribution in [3.05, 3.63) is 54.1 Å². The number of rotatable bonds is 6. The fourth-order valence-electron chi connectivity index (χ4n) is 1.80. The summed E-state index contributed by atoms with van der Waals surface area (Å²) in [6.07, 6.45) is 0. The number of carbonyl (C=O) groups is 2. The van der Waals surface area contributed by atoms with Crippen molar-refractivity contribution in [3.8, 4) is 11.5 Å². The maximum absolute atomic E-state index is 11.9. The van der Waals surface area contributed by atoms with Crippen molar-refractivity contribution < 1.29 is 19.1 Å². The summed E-state index contributed by atoms with van der Waals surface area (Å²) in [6, 6.07) is 13.3. The molecule has 2 rings (SSSR count). The molecule has 0 heterocycles. The fourth-order valence-corrected chi connectivity index (χ4v) is 1.80. The van der Waals surface area contributed by atoms with Gasteiger partial charge < -0.3 is 20.5 Å². The van der Waals surface area contributed by atoms with Gasteiger partial charge in [-0.3, -0.25) is 9.59 Å². The first-order chi connectivity index (χ1) is 10.6. The van der Waals surface area contributed by atoms with Gasteiger partial charge in [0.2, 0.25) is 5.91 Å². The SMILES string of the molecule is COc1ccccc1NC(=O)COc1ccc(C(N)=O)cc1. The lowest BCUT2D eigenvalue weighted by Crippen LogP contribution is -2.20. The van der Waals surface area contributed by atoms with Crippen LogP contribution in [0.25, 0.3) is 0 Å². The molecule has 2 aromatic rings. The Bertz CT molecular complexity index is 668. The first-order valence-corrected chi connectivity index (χ1v) is 6.55. The maximum atomic E-state index is 11.9. The lowest BCUT2D eigenvalue weighted by atomic mass is 10.2. The van der Waals surface area contributed by atoms with Crippen LogP contribution in [0.4, 0.5) is 5.69 Å². The molecule has 0 radical (unpaired) electrons. The van der Waals surface area contributed by atoms with E-state index in [0.717, 1.165) is 0 Å². The normalized spacial score (nSPS) is 9.86. The molecular formula is C16H16N2O4. The number of amides is 2. The molecule has 0 saturated heterocycles. The summed E-state index contributed by atoms with van der Waals surface area (Å²) in [5, 5.41) is 2.70. The van der Waals surface area contributed by atoms with E-state index in [0.29, 0.717) is 22.7 Å². The highest BCUT2D eigenvalue weighted by molar-refractivity contribution is 5.93. The van der Waals surface area contributed by atoms with E-state index in [-0.39, 0.29) is 12.5 Å². The molecule has 0 atom stereocenters. The molecule has 114 valence electrons. The Morgan fingerprint density at radius 2 is 1.77 bits per heavy atom. The Balaban J connectivity index is 1.91. The zero-order valence-corrected chi connectivity index (χ0v) is 12.0. The minimum atomic E-state index is -0.513. The summed E-state index contributed by atoms with van der Waals surface area (Å²) in [5.74, 6) is 0.214. The van der Waals surface area contributed by atoms with Crippen LogP contribution in [-0.2, 0) is 4.79 Å². The zero-order valence-electron chi connectivity index (χ0n) is 12.0. The molecule has 0 spiro atoms. The van der Waals surface area contributed by atoms with Crippen LogP contribution < -0.4 is 20.5 Å². The smallest absolute Gasteiger partial charge is 0.262 e. The van der Waals surface area contributed by atoms with Crippen molar-refractivity contribution in [1.82, 2.24) is 0 Å². The second-order valence-electron chi connectivity index (χ2n) is 4.43. The van der Waals surface area contributed by atoms with Gasteiger partial charge in [0.05, 0.1) is 12.8 Å². The van der Waals surface area contributed by atoms with Crippen LogP contribution in [0.15, 0.2) is 48.5 Å². The number of nitrogens with two attached hydrogens (primary N) is 1. The number of hydrogen-bond donors (Lipinski definition) is 2. The van der Waals surface area contributed by atoms with Gasteiger partial charge in [-0.15, -0.1) is 0 Å². The van der Waals surface area contributed by atoms with Crippen molar-refractivity contribution in [3.63, 3.8) is 0 Å². The average Bonchev–Trinajstić information content (AvgIpc) is 2.54. The monoisotopic (exact) mass is 300 g/mol. The maximum Gasteiger partial charge on any atom is 0.262 e. The summed E-state index contributed by atoms with van der Waals surface area (Å²) in [4.78, 5) is 22.8. The highest BCUT2D eigenvalue weighted by Gasteiger charge is 2.08. The van der Waals surface area contributed by atoms with Gasteiger partial charge in [-0.2, -0.15) is 0 Å². The number of ether oxygens (including phenoxy) is 2. The van der Waals surface area contributed by atoms with Gasteiger partial charge in [-0.1, -0.05) is 12.1 Å². The second kappa shape index (κ2) is 7.12. The molecule has 0 bridgehead atoms. The molecular weight excluding hydrogens is 284 g/mol. The molecule has 0 fully saturated rings. The molecule has 6 heteroatoms. The lowest BCUT2D eigenvalue weighted by Gasteiger charge is -2.10. The Morgan fingerprint density at radius 1 is 1.09 bits per heavy atom. The topological polar surface area (TPSA) is 90.7 Å². The predicted molar refractivity (Wildman–Crippen MR) is 82.1 cm³/mol. The Hall–Kier alpha value is -3.02. The summed E-state index contributed by atoms with van der Waals surface area (Å²) in [7, 11) is 1.53. The van der Waals surface area contributed by atoms with E-state index in [1.165, 1.54) is 19.2 Å². The Morgan fingerprint density at radius 3 is 2.41 bits per heavy atom. The number of nitrogens with one attached hydrogen (secondary N) is 1. The minimum Gasteiger partial charge on any atom is -0.495 e. The van der Waals surface area contributed by atoms with Crippen LogP contribution in [0.3, 0.4) is 0 Å². The van der Waals surface area contributed by atoms with Gasteiger partial charge in [0.25, 0.3) is 5.91 Å². The van der Waals surface area contributed by atoms with Gasteiger partial charge >= 0.3 is 0 Å². The standard InChI is InChI=1S/C16H16N2O4/c1-21-14-5-3-2-4-13(14)18-15(19)10-22-12-8-6-11(7-9-12)16(17)20/h2-9H,10H2,1H3,(H2,17,20)(H,18,19). The third kappa shape index (κ3) is 3.99. The van der Waals surface area contributed by atoms with Crippen molar-refractivity contribution in [1.29, 1.82) is 0 Å². The molecule has 2 aromatic carbocycles. The number of hydrogen-bond acceptors (Lipinski definition) is 4. The molecule has 0 saturated carbocycles. The number of para-hydroxylation sites is 2. The van der Waals surface area contributed by atoms with Gasteiger partial charge in [0, 0.05) is 5.56 Å². The van der Waals surface area contributed by atoms with E-state index in [4.69, 9.17) is 15.2 Å². The van der Waals surface area contributed by atoms with Crippen molar-refractivity contribution in [2.45, 2.75) is 0 Å². The summed E-state index contributed by atoms with van der Waals surface area (Å²) in [5.41, 5.74) is 6.10. The quantitative estimate of drug-likeness (QED) is 0.851. The first-order valence-electron chi connectivity index (χ1n) is 6.55. The predicted octanol–water partition coefficient (Wildman–Crippen LogP) is 1.81. The highest BCUT2D eigenvalue weighted by atomic mass is 16.5. The molecule has 0 aromatic heterocycles. The third-order valence-electron chi connectivity index (χ3n) is 2.89. The minimum absolute atomic E-state index is 0.159. The van der Waals surface area contributed by atoms with Crippen LogP contribution in [0.5, 0.6) is 11.5 Å². The van der Waals surface area contributed by atoms with Crippen LogP contribution in [0, 0.1) is 0 Å². The summed E-state index contributed by atoms with van der Waals surface area (Å²) < 4.78 is 10.5. The van der Waals surface area contributed by atoms with Crippen molar-refractivity contribution in [2.75, 3.05) is 19.0 Å². The number of primary amides is 1. The first kappa shape index (κ1) is 15.4. The van der Waals surface area contributed by atoms with E-state index in [9.17, 15) is 9.59 Å². The Kier molecular flexibility index (Phi) is 4.98. The van der Waals surface area contributed by atoms with Gasteiger partial charge in [0.1, 0.15) is 11.5 Å². The van der Waals surface area contributed by atoms with Crippen molar-refractivity contribution >= 4 is 17.5 Å². The van der Waals surface area contributed by atoms with Crippen LogP contribution in [0.2, 0.25) is 0 Å². The number of benzene rings is 2. The van der Waals surface area contributed by atoms with Crippen LogP contribution in [0.1, 0.15) is 10.4 Å². The highest BCUT2D eigenvalue weighted by Crippen LogP contribution is 2.22. The third-order valence-corrected chi connectivity index (χ3v) is 2.89. The second-order valence-corrected chi connectivity index (χ2v) is 4.43. The van der Waals surface area contributed by atoms with Crippen LogP contribution >= 0.6 is 0 Å². The lowest BCUT2D eigenvalue weighted by molar-refractivity contribution is -0.118. The molecule has 3 N–H and O–H groups in total. The van der Waals surface area contributed by atoms with E-state index < -0.39 is 5.91 Å². The molecule has 0 unspecified atom stereocenters. The Labute approximate surface area is 127 Å². The fraction of sp³-hybridized carbons (Fsp3) is 0.125. The van der Waals surface area contributed by atoms with Gasteiger partial charge in [0.15, 0.2) is 6.61 Å². The molecule has 0 aliphatic heterocycles. The zero-order chi connectivity index (χ0) is 15.9. The van der Waals surface area contributed by atoms with E-state index in [2.05, 4.69) is 5.32 Å². The van der Waals surface area contributed by atoms with E-state index in [1.807, 2.05) is 6.07 Å². The number of methoxy groups -OCH3 is 1. The molecule has 22 heavy (non-hydrogen) atoms. The number of anilines is 1. The van der Waals surface area contributed by atoms with Crippen LogP contribution in [-0.4, -0.2) is 25.5 Å². The van der Waals surface area contributed by atoms with E-state index in [1.54, 1.807) is 30.3 Å². The van der Waals surface area contributed by atoms with Crippen molar-refractivity contribution in [2.24, 2.45) is 5.73 Å². The molecule has 0 aliphatic carbocycles. The molecule has 2 amide bonds. The molecule has 6 nitrogen and oxygen atoms in total. The van der Waals surface area contributed by atoms with E-state index >= 15 is 0 Å². The average molecular weight is 300 g/mol. The van der Waals surface area contributed by atoms with Gasteiger partial charge in [-0.05, 0) is 36.4 Å². The summed E-state index contributed by atoms with van der Waals surface area (Å²) in [6.45, 7) is -0.159. The number of carbonyl (C=O) groups excluding carboxylic acids is 2.